The molecule has 3 heteroatoms. The van der Waals surface area contributed by atoms with E-state index in [4.69, 9.17) is 0 Å². The van der Waals surface area contributed by atoms with E-state index in [-0.39, 0.29) is 0 Å². The van der Waals surface area contributed by atoms with Gasteiger partial charge in [-0.15, -0.1) is 12.3 Å². The first-order valence-corrected chi connectivity index (χ1v) is 13.2. The highest BCUT2D eigenvalue weighted by atomic mass is 28.3. The summed E-state index contributed by atoms with van der Waals surface area (Å²) in [6.45, 7) is 23.4. The second-order valence-corrected chi connectivity index (χ2v) is 18.2. The zero-order valence-electron chi connectivity index (χ0n) is 13.9. The molecule has 0 heterocycles. The summed E-state index contributed by atoms with van der Waals surface area (Å²) in [6, 6.07) is 0. The summed E-state index contributed by atoms with van der Waals surface area (Å²) in [5.41, 5.74) is 4.74. The predicted molar refractivity (Wildman–Crippen MR) is 91.6 cm³/mol. The lowest BCUT2D eigenvalue weighted by atomic mass is 10.5. The second-order valence-electron chi connectivity index (χ2n) is 7.37. The Morgan fingerprint density at radius 3 is 1.56 bits per heavy atom. The van der Waals surface area contributed by atoms with Crippen molar-refractivity contribution in [1.82, 2.24) is 5.32 Å². The van der Waals surface area contributed by atoms with Crippen molar-refractivity contribution >= 4 is 16.1 Å². The van der Waals surface area contributed by atoms with Crippen LogP contribution in [0.4, 0.5) is 0 Å². The van der Waals surface area contributed by atoms with E-state index in [1.54, 1.807) is 0 Å². The molecule has 0 fully saturated rings. The molecule has 0 aromatic heterocycles. The number of rotatable bonds is 8. The van der Waals surface area contributed by atoms with Gasteiger partial charge in [-0.2, -0.15) is 0 Å². The maximum atomic E-state index is 3.99. The minimum absolute atomic E-state index is 0.846. The molecule has 0 aliphatic rings. The molecule has 1 nitrogen and oxygen atoms in total. The Morgan fingerprint density at radius 1 is 0.889 bits per heavy atom. The number of hydrogen-bond acceptors (Lipinski definition) is 1. The van der Waals surface area contributed by atoms with Crippen molar-refractivity contribution in [2.45, 2.75) is 71.3 Å². The van der Waals surface area contributed by atoms with Crippen molar-refractivity contribution in [1.29, 1.82) is 0 Å². The van der Waals surface area contributed by atoms with Crippen molar-refractivity contribution < 1.29 is 0 Å². The molecule has 0 radical (unpaired) electrons. The van der Waals surface area contributed by atoms with Crippen molar-refractivity contribution in [2.24, 2.45) is 0 Å². The summed E-state index contributed by atoms with van der Waals surface area (Å²) >= 11 is 0. The van der Waals surface area contributed by atoms with Crippen LogP contribution in [0, 0.1) is 0 Å². The van der Waals surface area contributed by atoms with Gasteiger partial charge in [-0.3, -0.25) is 0 Å². The Bertz CT molecular complexity index is 235. The van der Waals surface area contributed by atoms with Crippen molar-refractivity contribution in [3.63, 3.8) is 0 Å². The minimum Gasteiger partial charge on any atom is -0.322 e. The molecule has 0 aliphatic heterocycles. The SMILES string of the molecule is C=C[Si](C)(C)CNC[Si](C(C)C)(C(C)C)C(C)C. The standard InChI is InChI=1S/C15H35NSi2/c1-10-17(8,9)11-16-12-18(13(2)3,14(4)5)15(6)7/h10,13-16H,1,11-12H2,2-9H3. The second kappa shape index (κ2) is 7.06. The van der Waals surface area contributed by atoms with E-state index >= 15 is 0 Å². The van der Waals surface area contributed by atoms with Gasteiger partial charge in [-0.05, 0) is 29.0 Å². The highest BCUT2D eigenvalue weighted by Gasteiger charge is 2.42. The normalized spacial score (nSPS) is 13.7. The van der Waals surface area contributed by atoms with E-state index in [0.717, 1.165) is 16.6 Å². The highest BCUT2D eigenvalue weighted by Crippen LogP contribution is 2.40. The smallest absolute Gasteiger partial charge is 0.0851 e. The van der Waals surface area contributed by atoms with Gasteiger partial charge < -0.3 is 5.32 Å². The largest absolute Gasteiger partial charge is 0.322 e. The molecule has 0 bridgehead atoms. The molecule has 0 saturated heterocycles. The van der Waals surface area contributed by atoms with Gasteiger partial charge >= 0.3 is 0 Å². The Hall–Kier alpha value is 0.134. The summed E-state index contributed by atoms with van der Waals surface area (Å²) in [6.07, 6.45) is 2.45. The average Bonchev–Trinajstić information content (AvgIpc) is 2.22. The Labute approximate surface area is 117 Å². The lowest BCUT2D eigenvalue weighted by molar-refractivity contribution is 0.754. The van der Waals surface area contributed by atoms with Crippen molar-refractivity contribution in [3.8, 4) is 0 Å². The third kappa shape index (κ3) is 4.35. The summed E-state index contributed by atoms with van der Waals surface area (Å²) < 4.78 is 0. The van der Waals surface area contributed by atoms with E-state index in [1.165, 1.54) is 12.3 Å². The predicted octanol–water partition coefficient (Wildman–Crippen LogP) is 4.77. The maximum absolute atomic E-state index is 3.99. The van der Waals surface area contributed by atoms with Gasteiger partial charge in [0.15, 0.2) is 0 Å². The number of hydrogen-bond donors (Lipinski definition) is 1. The monoisotopic (exact) mass is 285 g/mol. The van der Waals surface area contributed by atoms with Gasteiger partial charge in [0, 0.05) is 0 Å². The van der Waals surface area contributed by atoms with E-state index in [9.17, 15) is 0 Å². The Kier molecular flexibility index (Phi) is 7.11. The lowest BCUT2D eigenvalue weighted by Crippen LogP contribution is -2.55. The zero-order valence-corrected chi connectivity index (χ0v) is 15.9. The molecule has 0 saturated carbocycles. The van der Waals surface area contributed by atoms with Gasteiger partial charge in [0.2, 0.25) is 0 Å². The quantitative estimate of drug-likeness (QED) is 0.634. The van der Waals surface area contributed by atoms with Crippen molar-refractivity contribution in [2.75, 3.05) is 12.3 Å². The molecule has 0 spiro atoms. The van der Waals surface area contributed by atoms with Crippen LogP contribution in [0.1, 0.15) is 41.5 Å². The van der Waals surface area contributed by atoms with E-state index in [2.05, 4.69) is 72.2 Å². The first-order chi connectivity index (χ1) is 8.10. The molecule has 0 unspecified atom stereocenters. The van der Waals surface area contributed by atoms with Crippen LogP contribution in [0.5, 0.6) is 0 Å². The van der Waals surface area contributed by atoms with Crippen LogP contribution in [0.25, 0.3) is 0 Å². The molecule has 18 heavy (non-hydrogen) atoms. The topological polar surface area (TPSA) is 12.0 Å². The molecule has 0 aromatic rings. The molecule has 0 aromatic carbocycles. The van der Waals surface area contributed by atoms with Gasteiger partial charge in [0.05, 0.1) is 16.1 Å². The van der Waals surface area contributed by atoms with E-state index < -0.39 is 16.1 Å². The summed E-state index contributed by atoms with van der Waals surface area (Å²) in [7, 11) is -2.47. The molecule has 1 N–H and O–H groups in total. The fraction of sp³-hybridized carbons (Fsp3) is 0.867. The summed E-state index contributed by atoms with van der Waals surface area (Å²) in [5.74, 6) is 0. The minimum atomic E-state index is -1.26. The van der Waals surface area contributed by atoms with Crippen molar-refractivity contribution in [3.05, 3.63) is 12.3 Å². The van der Waals surface area contributed by atoms with Crippen LogP contribution >= 0.6 is 0 Å². The molecular formula is C15H35NSi2. The van der Waals surface area contributed by atoms with Gasteiger partial charge in [-0.25, -0.2) is 0 Å². The van der Waals surface area contributed by atoms with Gasteiger partial charge in [0.25, 0.3) is 0 Å². The zero-order chi connectivity index (χ0) is 14.6. The summed E-state index contributed by atoms with van der Waals surface area (Å²) in [5, 5.41) is 3.81. The Morgan fingerprint density at radius 2 is 1.28 bits per heavy atom. The third-order valence-electron chi connectivity index (χ3n) is 4.79. The van der Waals surface area contributed by atoms with E-state index in [0.29, 0.717) is 0 Å². The van der Waals surface area contributed by atoms with Crippen LogP contribution in [0.2, 0.25) is 29.7 Å². The fourth-order valence-electron chi connectivity index (χ4n) is 3.29. The molecule has 108 valence electrons. The van der Waals surface area contributed by atoms with Gasteiger partial charge in [-0.1, -0.05) is 54.6 Å². The van der Waals surface area contributed by atoms with Gasteiger partial charge in [0.1, 0.15) is 0 Å². The molecule has 0 amide bonds. The molecule has 0 atom stereocenters. The molecule has 0 rings (SSSR count). The molecule has 0 aliphatic carbocycles. The summed E-state index contributed by atoms with van der Waals surface area (Å²) in [4.78, 5) is 0. The first kappa shape index (κ1) is 18.1. The maximum Gasteiger partial charge on any atom is 0.0851 e. The van der Waals surface area contributed by atoms with Crippen LogP contribution in [-0.4, -0.2) is 28.5 Å². The number of nitrogens with one attached hydrogen (secondary N) is 1. The first-order valence-electron chi connectivity index (χ1n) is 7.44. The van der Waals surface area contributed by atoms with Crippen LogP contribution in [-0.2, 0) is 0 Å². The Balaban J connectivity index is 4.77. The van der Waals surface area contributed by atoms with E-state index in [1.807, 2.05) is 0 Å². The lowest BCUT2D eigenvalue weighted by Gasteiger charge is -2.44. The van der Waals surface area contributed by atoms with Crippen LogP contribution < -0.4 is 5.32 Å². The fourth-order valence-corrected chi connectivity index (χ4v) is 10.2. The third-order valence-corrected chi connectivity index (χ3v) is 14.4. The van der Waals surface area contributed by atoms with Crippen LogP contribution in [0.15, 0.2) is 12.3 Å². The van der Waals surface area contributed by atoms with Crippen LogP contribution in [0.3, 0.4) is 0 Å². The average molecular weight is 286 g/mol. The highest BCUT2D eigenvalue weighted by molar-refractivity contribution is 6.84. The molecular weight excluding hydrogens is 250 g/mol.